The maximum Gasteiger partial charge on any atom is 0.230 e. The second kappa shape index (κ2) is 9.48. The van der Waals surface area contributed by atoms with E-state index in [2.05, 4.69) is 15.5 Å². The van der Waals surface area contributed by atoms with Gasteiger partial charge in [0.2, 0.25) is 5.91 Å². The van der Waals surface area contributed by atoms with Crippen molar-refractivity contribution >= 4 is 22.8 Å². The molecule has 9 nitrogen and oxygen atoms in total. The van der Waals surface area contributed by atoms with Crippen LogP contribution in [0.1, 0.15) is 25.2 Å². The molecule has 176 valence electrons. The second-order valence-electron chi connectivity index (χ2n) is 8.49. The number of hydrogen-bond donors (Lipinski definition) is 2. The van der Waals surface area contributed by atoms with E-state index in [4.69, 9.17) is 19.0 Å². The average molecular weight is 463 g/mol. The lowest BCUT2D eigenvalue weighted by atomic mass is 9.92. The van der Waals surface area contributed by atoms with Crippen LogP contribution in [-0.2, 0) is 16.6 Å². The topological polar surface area (TPSA) is 120 Å². The summed E-state index contributed by atoms with van der Waals surface area (Å²) in [6.45, 7) is 3.56. The Balaban J connectivity index is 1.45. The number of benzene rings is 2. The highest BCUT2D eigenvalue weighted by Gasteiger charge is 2.25. The molecule has 2 aromatic carbocycles. The average Bonchev–Trinajstić information content (AvgIpc) is 3.32. The van der Waals surface area contributed by atoms with Gasteiger partial charge in [0, 0.05) is 29.2 Å². The number of nitrogens with zero attached hydrogens (tertiary/aromatic N) is 3. The Labute approximate surface area is 196 Å². The minimum absolute atomic E-state index is 0.0920. The molecule has 0 aliphatic carbocycles. The molecule has 0 atom stereocenters. The number of ether oxygens (including phenoxy) is 2. The van der Waals surface area contributed by atoms with Crippen molar-refractivity contribution in [3.63, 3.8) is 0 Å². The molecule has 0 unspecified atom stereocenters. The Morgan fingerprint density at radius 3 is 2.38 bits per heavy atom. The Hall–Kier alpha value is -3.98. The lowest BCUT2D eigenvalue weighted by Crippen LogP contribution is -2.21. The van der Waals surface area contributed by atoms with Crippen molar-refractivity contribution in [3.8, 4) is 22.8 Å². The summed E-state index contributed by atoms with van der Waals surface area (Å²) in [6.07, 6.45) is 1.87. The van der Waals surface area contributed by atoms with Crippen LogP contribution in [0.15, 0.2) is 53.2 Å². The van der Waals surface area contributed by atoms with E-state index < -0.39 is 5.41 Å². The zero-order valence-electron chi connectivity index (χ0n) is 19.5. The fraction of sp³-hybridized carbons (Fsp3) is 0.280. The van der Waals surface area contributed by atoms with E-state index in [9.17, 15) is 9.90 Å². The maximum absolute atomic E-state index is 12.4. The first-order valence-electron chi connectivity index (χ1n) is 10.7. The van der Waals surface area contributed by atoms with Crippen molar-refractivity contribution in [2.24, 2.45) is 0 Å². The predicted octanol–water partition coefficient (Wildman–Crippen LogP) is 3.75. The molecule has 0 aliphatic rings. The molecule has 9 heteroatoms. The minimum Gasteiger partial charge on any atom is -0.493 e. The summed E-state index contributed by atoms with van der Waals surface area (Å²) in [5.41, 5.74) is 3.23. The van der Waals surface area contributed by atoms with Gasteiger partial charge in [-0.2, -0.15) is 0 Å². The monoisotopic (exact) mass is 462 g/mol. The van der Waals surface area contributed by atoms with Crippen LogP contribution >= 0.6 is 0 Å². The molecule has 0 aliphatic heterocycles. The van der Waals surface area contributed by atoms with Crippen molar-refractivity contribution in [1.82, 2.24) is 15.1 Å². The van der Waals surface area contributed by atoms with Gasteiger partial charge in [0.1, 0.15) is 5.76 Å². The van der Waals surface area contributed by atoms with E-state index in [1.165, 1.54) is 0 Å². The van der Waals surface area contributed by atoms with E-state index in [-0.39, 0.29) is 18.9 Å². The van der Waals surface area contributed by atoms with Gasteiger partial charge in [0.25, 0.3) is 0 Å². The highest BCUT2D eigenvalue weighted by atomic mass is 16.5. The number of aliphatic hydroxyl groups is 1. The van der Waals surface area contributed by atoms with E-state index in [0.717, 1.165) is 11.1 Å². The zero-order valence-corrected chi connectivity index (χ0v) is 19.5. The smallest absolute Gasteiger partial charge is 0.230 e. The molecule has 0 radical (unpaired) electrons. The third-order valence-corrected chi connectivity index (χ3v) is 5.50. The molecule has 0 spiro atoms. The first-order valence-corrected chi connectivity index (χ1v) is 10.7. The van der Waals surface area contributed by atoms with Gasteiger partial charge in [0.05, 0.1) is 50.2 Å². The van der Waals surface area contributed by atoms with E-state index in [0.29, 0.717) is 39.8 Å². The largest absolute Gasteiger partial charge is 0.493 e. The van der Waals surface area contributed by atoms with Crippen LogP contribution in [-0.4, -0.2) is 47.0 Å². The van der Waals surface area contributed by atoms with E-state index in [1.54, 1.807) is 38.6 Å². The van der Waals surface area contributed by atoms with Crippen LogP contribution in [0.25, 0.3) is 22.3 Å². The van der Waals surface area contributed by atoms with Crippen molar-refractivity contribution in [2.45, 2.75) is 25.7 Å². The van der Waals surface area contributed by atoms with Crippen molar-refractivity contribution in [1.29, 1.82) is 0 Å². The molecule has 4 rings (SSSR count). The predicted molar refractivity (Wildman–Crippen MR) is 127 cm³/mol. The van der Waals surface area contributed by atoms with Crippen molar-refractivity contribution in [3.05, 3.63) is 60.0 Å². The van der Waals surface area contributed by atoms with Gasteiger partial charge in [-0.1, -0.05) is 43.3 Å². The van der Waals surface area contributed by atoms with Crippen LogP contribution in [0, 0.1) is 0 Å². The Morgan fingerprint density at radius 2 is 1.74 bits per heavy atom. The van der Waals surface area contributed by atoms with Crippen LogP contribution < -0.4 is 14.8 Å². The highest BCUT2D eigenvalue weighted by Crippen LogP contribution is 2.31. The third-order valence-electron chi connectivity index (χ3n) is 5.50. The summed E-state index contributed by atoms with van der Waals surface area (Å²) in [5.74, 6) is 1.78. The Morgan fingerprint density at radius 1 is 1.06 bits per heavy atom. The van der Waals surface area contributed by atoms with Crippen LogP contribution in [0.5, 0.6) is 11.5 Å². The van der Waals surface area contributed by atoms with Crippen LogP contribution in [0.3, 0.4) is 0 Å². The van der Waals surface area contributed by atoms with Gasteiger partial charge in [-0.25, -0.2) is 4.98 Å². The van der Waals surface area contributed by atoms with Crippen molar-refractivity contribution in [2.75, 3.05) is 26.1 Å². The lowest BCUT2D eigenvalue weighted by Gasteiger charge is -2.16. The Bertz CT molecular complexity index is 1310. The molecule has 1 amide bonds. The van der Waals surface area contributed by atoms with Gasteiger partial charge in [-0.05, 0) is 5.56 Å². The summed E-state index contributed by atoms with van der Waals surface area (Å²) >= 11 is 0. The maximum atomic E-state index is 12.4. The minimum atomic E-state index is -0.575. The number of aliphatic hydroxyl groups excluding tert-OH is 1. The summed E-state index contributed by atoms with van der Waals surface area (Å²) in [6, 6.07) is 12.8. The number of nitrogens with one attached hydrogen (secondary N) is 1. The quantitative estimate of drug-likeness (QED) is 0.406. The van der Waals surface area contributed by atoms with Gasteiger partial charge < -0.3 is 24.4 Å². The molecule has 2 heterocycles. The summed E-state index contributed by atoms with van der Waals surface area (Å²) in [7, 11) is 3.15. The SMILES string of the molecule is COc1cc2ncc(-c3ccc(CC(=O)Nc4cc(C(C)(C)CO)on4)cc3)nc2cc1OC. The molecule has 0 saturated carbocycles. The number of hydrogen-bond acceptors (Lipinski definition) is 8. The van der Waals surface area contributed by atoms with Gasteiger partial charge >= 0.3 is 0 Å². The molecule has 0 fully saturated rings. The number of carbonyl (C=O) groups is 1. The van der Waals surface area contributed by atoms with Gasteiger partial charge in [-0.15, -0.1) is 0 Å². The number of aromatic nitrogens is 3. The number of rotatable bonds is 8. The lowest BCUT2D eigenvalue weighted by molar-refractivity contribution is -0.115. The van der Waals surface area contributed by atoms with Crippen molar-refractivity contribution < 1.29 is 23.9 Å². The normalized spacial score (nSPS) is 11.4. The fourth-order valence-corrected chi connectivity index (χ4v) is 3.38. The van der Waals surface area contributed by atoms with Gasteiger partial charge in [0.15, 0.2) is 17.3 Å². The molecule has 0 bridgehead atoms. The number of amides is 1. The first kappa shape index (κ1) is 23.2. The molecule has 2 aromatic heterocycles. The second-order valence-corrected chi connectivity index (χ2v) is 8.49. The molecular weight excluding hydrogens is 436 g/mol. The Kier molecular flexibility index (Phi) is 6.47. The fourth-order valence-electron chi connectivity index (χ4n) is 3.38. The summed E-state index contributed by atoms with van der Waals surface area (Å²) < 4.78 is 15.9. The first-order chi connectivity index (χ1) is 16.3. The zero-order chi connectivity index (χ0) is 24.3. The molecular formula is C25H26N4O5. The number of methoxy groups -OCH3 is 2. The number of anilines is 1. The van der Waals surface area contributed by atoms with E-state index in [1.807, 2.05) is 38.1 Å². The molecule has 2 N–H and O–H groups in total. The summed E-state index contributed by atoms with van der Waals surface area (Å²) in [5, 5.41) is 16.0. The van der Waals surface area contributed by atoms with E-state index >= 15 is 0 Å². The van der Waals surface area contributed by atoms with Crippen LogP contribution in [0.4, 0.5) is 5.82 Å². The molecule has 34 heavy (non-hydrogen) atoms. The molecule has 4 aromatic rings. The van der Waals surface area contributed by atoms with Crippen LogP contribution in [0.2, 0.25) is 0 Å². The number of carbonyl (C=O) groups excluding carboxylic acids is 1. The number of fused-ring (bicyclic) bond motifs is 1. The highest BCUT2D eigenvalue weighted by molar-refractivity contribution is 5.91. The standard InChI is InChI=1S/C25H26N4O5/c1-25(2,14-30)22-12-23(29-34-22)28-24(31)9-15-5-7-16(8-6-15)19-13-26-17-10-20(32-3)21(33-4)11-18(17)27-19/h5-8,10-13,30H,9,14H2,1-4H3,(H,28,29,31). The van der Waals surface area contributed by atoms with Gasteiger partial charge in [-0.3, -0.25) is 9.78 Å². The molecule has 0 saturated heterocycles. The third kappa shape index (κ3) is 4.84. The summed E-state index contributed by atoms with van der Waals surface area (Å²) in [4.78, 5) is 21.6.